The highest BCUT2D eigenvalue weighted by Crippen LogP contribution is 2.17. The van der Waals surface area contributed by atoms with Crippen LogP contribution in [0.25, 0.3) is 0 Å². The van der Waals surface area contributed by atoms with Gasteiger partial charge in [0.15, 0.2) is 5.82 Å². The minimum Gasteiger partial charge on any atom is -0.368 e. The number of benzene rings is 1. The number of para-hydroxylation sites is 1. The van der Waals surface area contributed by atoms with E-state index in [-0.39, 0.29) is 17.9 Å². The van der Waals surface area contributed by atoms with Gasteiger partial charge in [-0.25, -0.2) is 0 Å². The van der Waals surface area contributed by atoms with E-state index in [1.807, 2.05) is 30.0 Å². The van der Waals surface area contributed by atoms with Crippen molar-refractivity contribution in [2.45, 2.75) is 19.9 Å². The molecule has 0 spiro atoms. The number of amides is 2. The Kier molecular flexibility index (Phi) is 7.06. The van der Waals surface area contributed by atoms with E-state index in [4.69, 9.17) is 4.52 Å². The maximum absolute atomic E-state index is 13.1. The number of rotatable bonds is 6. The summed E-state index contributed by atoms with van der Waals surface area (Å²) in [6.45, 7) is 10.4. The Morgan fingerprint density at radius 1 is 1.03 bits per heavy atom. The molecule has 9 heteroatoms. The fourth-order valence-corrected chi connectivity index (χ4v) is 4.36. The maximum Gasteiger partial charge on any atom is 0.239 e. The topological polar surface area (TPSA) is 85.2 Å². The van der Waals surface area contributed by atoms with Gasteiger partial charge in [0.1, 0.15) is 5.76 Å². The smallest absolute Gasteiger partial charge is 0.239 e. The van der Waals surface area contributed by atoms with E-state index in [0.717, 1.165) is 52.4 Å². The second-order valence-corrected chi connectivity index (χ2v) is 8.51. The van der Waals surface area contributed by atoms with Crippen molar-refractivity contribution >= 4 is 23.3 Å². The SMILES string of the molecule is Cc1cc(NC(=O)CN2CCN(C(C)C(=O)N3CCN(c4ccccc4)CC3)CC2)no1. The highest BCUT2D eigenvalue weighted by atomic mass is 16.5. The summed E-state index contributed by atoms with van der Waals surface area (Å²) in [7, 11) is 0. The van der Waals surface area contributed by atoms with Crippen LogP contribution in [0, 0.1) is 6.92 Å². The fourth-order valence-electron chi connectivity index (χ4n) is 4.36. The number of nitrogens with zero attached hydrogens (tertiary/aromatic N) is 5. The first-order valence-corrected chi connectivity index (χ1v) is 11.3. The standard InChI is InChI=1S/C23H32N6O3/c1-18-16-21(25-32-18)24-22(30)17-26-8-10-27(11-9-26)19(2)23(31)29-14-12-28(13-15-29)20-6-4-3-5-7-20/h3-7,16,19H,8-15,17H2,1-2H3,(H,24,25,30). The van der Waals surface area contributed by atoms with Gasteiger partial charge in [-0.2, -0.15) is 0 Å². The number of hydrogen-bond acceptors (Lipinski definition) is 7. The average Bonchev–Trinajstić information content (AvgIpc) is 3.23. The quantitative estimate of drug-likeness (QED) is 0.724. The van der Waals surface area contributed by atoms with E-state index in [9.17, 15) is 9.59 Å². The van der Waals surface area contributed by atoms with Crippen LogP contribution in [-0.4, -0.2) is 96.6 Å². The minimum absolute atomic E-state index is 0.104. The van der Waals surface area contributed by atoms with Crippen LogP contribution >= 0.6 is 0 Å². The molecule has 0 radical (unpaired) electrons. The summed E-state index contributed by atoms with van der Waals surface area (Å²) in [5.74, 6) is 1.20. The van der Waals surface area contributed by atoms with E-state index < -0.39 is 0 Å². The van der Waals surface area contributed by atoms with Gasteiger partial charge in [-0.05, 0) is 26.0 Å². The summed E-state index contributed by atoms with van der Waals surface area (Å²) in [6, 6.07) is 11.9. The molecule has 2 fully saturated rings. The summed E-state index contributed by atoms with van der Waals surface area (Å²) < 4.78 is 4.97. The van der Waals surface area contributed by atoms with Gasteiger partial charge in [-0.3, -0.25) is 19.4 Å². The molecule has 2 amide bonds. The number of nitrogens with one attached hydrogen (secondary N) is 1. The van der Waals surface area contributed by atoms with Gasteiger partial charge in [-0.15, -0.1) is 0 Å². The molecule has 2 aliphatic rings. The van der Waals surface area contributed by atoms with Crippen molar-refractivity contribution in [1.29, 1.82) is 0 Å². The summed E-state index contributed by atoms with van der Waals surface area (Å²) in [5.41, 5.74) is 1.21. The molecule has 3 heterocycles. The Hall–Kier alpha value is -2.91. The lowest BCUT2D eigenvalue weighted by molar-refractivity contribution is -0.137. The summed E-state index contributed by atoms with van der Waals surface area (Å²) >= 11 is 0. The van der Waals surface area contributed by atoms with Crippen LogP contribution in [0.15, 0.2) is 40.9 Å². The molecule has 32 heavy (non-hydrogen) atoms. The van der Waals surface area contributed by atoms with Gasteiger partial charge in [0.2, 0.25) is 11.8 Å². The molecule has 0 aliphatic carbocycles. The second-order valence-electron chi connectivity index (χ2n) is 8.51. The Balaban J connectivity index is 1.20. The van der Waals surface area contributed by atoms with Gasteiger partial charge < -0.3 is 19.6 Å². The highest BCUT2D eigenvalue weighted by Gasteiger charge is 2.31. The molecule has 1 unspecified atom stereocenters. The van der Waals surface area contributed by atoms with Crippen LogP contribution in [0.4, 0.5) is 11.5 Å². The zero-order chi connectivity index (χ0) is 22.5. The molecule has 0 bridgehead atoms. The van der Waals surface area contributed by atoms with Crippen molar-refractivity contribution in [3.05, 3.63) is 42.2 Å². The molecule has 1 atom stereocenters. The van der Waals surface area contributed by atoms with Crippen molar-refractivity contribution in [2.75, 3.05) is 69.1 Å². The Labute approximate surface area is 188 Å². The normalized spacial score (nSPS) is 19.1. The van der Waals surface area contributed by atoms with Crippen molar-refractivity contribution in [2.24, 2.45) is 0 Å². The first-order chi connectivity index (χ1) is 15.5. The Morgan fingerprint density at radius 3 is 2.34 bits per heavy atom. The minimum atomic E-state index is -0.146. The van der Waals surface area contributed by atoms with Crippen LogP contribution in [0.1, 0.15) is 12.7 Å². The number of piperazine rings is 2. The van der Waals surface area contributed by atoms with Gasteiger partial charge in [-0.1, -0.05) is 23.4 Å². The largest absolute Gasteiger partial charge is 0.368 e. The Bertz CT molecular complexity index is 901. The molecule has 1 aromatic heterocycles. The molecular weight excluding hydrogens is 408 g/mol. The number of anilines is 2. The number of carbonyl (C=O) groups is 2. The molecule has 172 valence electrons. The number of hydrogen-bond donors (Lipinski definition) is 1. The molecule has 4 rings (SSSR count). The third-order valence-corrected chi connectivity index (χ3v) is 6.29. The van der Waals surface area contributed by atoms with Crippen LogP contribution in [0.3, 0.4) is 0 Å². The lowest BCUT2D eigenvalue weighted by Gasteiger charge is -2.41. The van der Waals surface area contributed by atoms with Crippen molar-refractivity contribution in [3.8, 4) is 0 Å². The van der Waals surface area contributed by atoms with Crippen LogP contribution in [0.2, 0.25) is 0 Å². The number of aromatic nitrogens is 1. The maximum atomic E-state index is 13.1. The van der Waals surface area contributed by atoms with Gasteiger partial charge in [0.05, 0.1) is 12.6 Å². The van der Waals surface area contributed by atoms with Crippen molar-refractivity contribution in [3.63, 3.8) is 0 Å². The first-order valence-electron chi connectivity index (χ1n) is 11.3. The fraction of sp³-hybridized carbons (Fsp3) is 0.522. The molecule has 2 saturated heterocycles. The zero-order valence-corrected chi connectivity index (χ0v) is 18.9. The van der Waals surface area contributed by atoms with E-state index in [0.29, 0.717) is 18.1 Å². The summed E-state index contributed by atoms with van der Waals surface area (Å²) in [4.78, 5) is 34.0. The first kappa shape index (κ1) is 22.3. The van der Waals surface area contributed by atoms with Gasteiger partial charge in [0.25, 0.3) is 0 Å². The average molecular weight is 441 g/mol. The van der Waals surface area contributed by atoms with Crippen LogP contribution < -0.4 is 10.2 Å². The predicted molar refractivity (Wildman–Crippen MR) is 123 cm³/mol. The molecule has 9 nitrogen and oxygen atoms in total. The zero-order valence-electron chi connectivity index (χ0n) is 18.9. The van der Waals surface area contributed by atoms with Crippen molar-refractivity contribution < 1.29 is 14.1 Å². The monoisotopic (exact) mass is 440 g/mol. The van der Waals surface area contributed by atoms with Crippen LogP contribution in [0.5, 0.6) is 0 Å². The summed E-state index contributed by atoms with van der Waals surface area (Å²) in [5, 5.41) is 6.55. The van der Waals surface area contributed by atoms with Crippen molar-refractivity contribution in [1.82, 2.24) is 19.9 Å². The van der Waals surface area contributed by atoms with Gasteiger partial charge >= 0.3 is 0 Å². The summed E-state index contributed by atoms with van der Waals surface area (Å²) in [6.07, 6.45) is 0. The number of carbonyl (C=O) groups excluding carboxylic acids is 2. The van der Waals surface area contributed by atoms with E-state index in [1.54, 1.807) is 13.0 Å². The second kappa shape index (κ2) is 10.1. The van der Waals surface area contributed by atoms with Gasteiger partial charge in [0, 0.05) is 64.1 Å². The lowest BCUT2D eigenvalue weighted by atomic mass is 10.1. The molecular formula is C23H32N6O3. The molecule has 1 N–H and O–H groups in total. The third kappa shape index (κ3) is 5.46. The molecule has 2 aliphatic heterocycles. The molecule has 0 saturated carbocycles. The third-order valence-electron chi connectivity index (χ3n) is 6.29. The highest BCUT2D eigenvalue weighted by molar-refractivity contribution is 5.91. The predicted octanol–water partition coefficient (Wildman–Crippen LogP) is 1.28. The molecule has 1 aromatic carbocycles. The van der Waals surface area contributed by atoms with E-state index in [2.05, 4.69) is 37.3 Å². The van der Waals surface area contributed by atoms with Crippen LogP contribution in [-0.2, 0) is 9.59 Å². The van der Waals surface area contributed by atoms with E-state index >= 15 is 0 Å². The lowest BCUT2D eigenvalue weighted by Crippen LogP contribution is -2.58. The molecule has 2 aromatic rings. The van der Waals surface area contributed by atoms with E-state index in [1.165, 1.54) is 5.69 Å². The Morgan fingerprint density at radius 2 is 1.72 bits per heavy atom. The number of aryl methyl sites for hydroxylation is 1.